The molecule has 2 heterocycles. The minimum Gasteiger partial charge on any atom is -0.350 e. The van der Waals surface area contributed by atoms with Gasteiger partial charge < -0.3 is 15.1 Å². The Morgan fingerprint density at radius 3 is 2.60 bits per heavy atom. The normalized spacial score (nSPS) is 15.2. The SMILES string of the molecule is CCN1CCN(c2nccc(C(=O)NCCc3ccccc3)n2)CC1. The van der Waals surface area contributed by atoms with Crippen molar-refractivity contribution in [2.75, 3.05) is 44.2 Å². The summed E-state index contributed by atoms with van der Waals surface area (Å²) in [7, 11) is 0. The molecule has 132 valence electrons. The van der Waals surface area contributed by atoms with Crippen molar-refractivity contribution >= 4 is 11.9 Å². The van der Waals surface area contributed by atoms with Gasteiger partial charge in [-0.05, 0) is 24.6 Å². The number of hydrogen-bond donors (Lipinski definition) is 1. The molecule has 1 N–H and O–H groups in total. The van der Waals surface area contributed by atoms with Crippen molar-refractivity contribution in [3.63, 3.8) is 0 Å². The van der Waals surface area contributed by atoms with Crippen LogP contribution in [-0.4, -0.2) is 60.0 Å². The average molecular weight is 339 g/mol. The first-order valence-electron chi connectivity index (χ1n) is 8.88. The van der Waals surface area contributed by atoms with Crippen LogP contribution in [-0.2, 0) is 6.42 Å². The zero-order chi connectivity index (χ0) is 17.5. The van der Waals surface area contributed by atoms with E-state index in [1.54, 1.807) is 12.3 Å². The maximum absolute atomic E-state index is 12.3. The van der Waals surface area contributed by atoms with Gasteiger partial charge in [-0.3, -0.25) is 4.79 Å². The third-order valence-corrected chi connectivity index (χ3v) is 4.52. The van der Waals surface area contributed by atoms with Crippen LogP contribution in [0.1, 0.15) is 23.0 Å². The van der Waals surface area contributed by atoms with Gasteiger partial charge in [0.2, 0.25) is 5.95 Å². The van der Waals surface area contributed by atoms with Crippen LogP contribution in [0.5, 0.6) is 0 Å². The summed E-state index contributed by atoms with van der Waals surface area (Å²) in [6, 6.07) is 11.8. The van der Waals surface area contributed by atoms with Gasteiger partial charge in [-0.15, -0.1) is 0 Å². The second-order valence-electron chi connectivity index (χ2n) is 6.15. The lowest BCUT2D eigenvalue weighted by Crippen LogP contribution is -2.46. The maximum atomic E-state index is 12.3. The summed E-state index contributed by atoms with van der Waals surface area (Å²) >= 11 is 0. The lowest BCUT2D eigenvalue weighted by molar-refractivity contribution is 0.0949. The third kappa shape index (κ3) is 4.76. The van der Waals surface area contributed by atoms with Crippen LogP contribution in [0.15, 0.2) is 42.6 Å². The molecule has 0 radical (unpaired) electrons. The minimum atomic E-state index is -0.147. The molecule has 25 heavy (non-hydrogen) atoms. The zero-order valence-electron chi connectivity index (χ0n) is 14.7. The van der Waals surface area contributed by atoms with Crippen molar-refractivity contribution in [1.29, 1.82) is 0 Å². The Labute approximate surface area is 148 Å². The summed E-state index contributed by atoms with van der Waals surface area (Å²) in [6.07, 6.45) is 2.48. The molecule has 0 unspecified atom stereocenters. The average Bonchev–Trinajstić information content (AvgIpc) is 2.69. The van der Waals surface area contributed by atoms with Crippen LogP contribution in [0.4, 0.5) is 5.95 Å². The van der Waals surface area contributed by atoms with Crippen molar-refractivity contribution in [3.8, 4) is 0 Å². The molecule has 6 nitrogen and oxygen atoms in total. The molecule has 1 fully saturated rings. The fourth-order valence-corrected chi connectivity index (χ4v) is 2.95. The molecule has 0 bridgehead atoms. The summed E-state index contributed by atoms with van der Waals surface area (Å²) < 4.78 is 0. The molecule has 1 aromatic carbocycles. The number of amides is 1. The van der Waals surface area contributed by atoms with Crippen molar-refractivity contribution in [2.45, 2.75) is 13.3 Å². The van der Waals surface area contributed by atoms with Crippen LogP contribution < -0.4 is 10.2 Å². The monoisotopic (exact) mass is 339 g/mol. The summed E-state index contributed by atoms with van der Waals surface area (Å²) in [5.74, 6) is 0.498. The molecule has 0 spiro atoms. The quantitative estimate of drug-likeness (QED) is 0.866. The Balaban J connectivity index is 1.54. The minimum absolute atomic E-state index is 0.147. The smallest absolute Gasteiger partial charge is 0.270 e. The molecule has 2 aromatic rings. The predicted molar refractivity (Wildman–Crippen MR) is 98.8 cm³/mol. The number of likely N-dealkylation sites (N-methyl/N-ethyl adjacent to an activating group) is 1. The van der Waals surface area contributed by atoms with Gasteiger partial charge in [0, 0.05) is 38.9 Å². The maximum Gasteiger partial charge on any atom is 0.270 e. The third-order valence-electron chi connectivity index (χ3n) is 4.52. The van der Waals surface area contributed by atoms with Crippen LogP contribution in [0.25, 0.3) is 0 Å². The van der Waals surface area contributed by atoms with E-state index in [0.717, 1.165) is 39.1 Å². The van der Waals surface area contributed by atoms with E-state index >= 15 is 0 Å². The summed E-state index contributed by atoms with van der Waals surface area (Å²) in [4.78, 5) is 25.7. The second-order valence-corrected chi connectivity index (χ2v) is 6.15. The van der Waals surface area contributed by atoms with E-state index in [2.05, 4.69) is 44.1 Å². The number of anilines is 1. The van der Waals surface area contributed by atoms with E-state index in [-0.39, 0.29) is 5.91 Å². The Morgan fingerprint density at radius 2 is 1.88 bits per heavy atom. The number of carbonyl (C=O) groups is 1. The van der Waals surface area contributed by atoms with Gasteiger partial charge in [-0.2, -0.15) is 0 Å². The van der Waals surface area contributed by atoms with E-state index in [1.165, 1.54) is 5.56 Å². The van der Waals surface area contributed by atoms with Gasteiger partial charge in [0.05, 0.1) is 0 Å². The zero-order valence-corrected chi connectivity index (χ0v) is 14.7. The highest BCUT2D eigenvalue weighted by molar-refractivity contribution is 5.92. The summed E-state index contributed by atoms with van der Waals surface area (Å²) in [5, 5.41) is 2.94. The van der Waals surface area contributed by atoms with Crippen LogP contribution in [0.3, 0.4) is 0 Å². The molecule has 0 saturated carbocycles. The molecular formula is C19H25N5O. The Kier molecular flexibility index (Phi) is 5.95. The van der Waals surface area contributed by atoms with Gasteiger partial charge in [0.25, 0.3) is 5.91 Å². The number of benzene rings is 1. The number of rotatable bonds is 6. The Morgan fingerprint density at radius 1 is 1.12 bits per heavy atom. The molecule has 1 aliphatic rings. The molecule has 6 heteroatoms. The topological polar surface area (TPSA) is 61.4 Å². The highest BCUT2D eigenvalue weighted by Crippen LogP contribution is 2.11. The van der Waals surface area contributed by atoms with Gasteiger partial charge in [0.15, 0.2) is 0 Å². The van der Waals surface area contributed by atoms with Gasteiger partial charge in [0.1, 0.15) is 5.69 Å². The molecule has 0 atom stereocenters. The summed E-state index contributed by atoms with van der Waals surface area (Å²) in [6.45, 7) is 7.64. The fraction of sp³-hybridized carbons (Fsp3) is 0.421. The van der Waals surface area contributed by atoms with Gasteiger partial charge in [-0.25, -0.2) is 9.97 Å². The predicted octanol–water partition coefficient (Wildman–Crippen LogP) is 1.59. The van der Waals surface area contributed by atoms with E-state index in [9.17, 15) is 4.79 Å². The molecule has 1 aliphatic heterocycles. The van der Waals surface area contributed by atoms with Gasteiger partial charge >= 0.3 is 0 Å². The van der Waals surface area contributed by atoms with Crippen LogP contribution in [0, 0.1) is 0 Å². The number of nitrogens with zero attached hydrogens (tertiary/aromatic N) is 4. The Hall–Kier alpha value is -2.47. The van der Waals surface area contributed by atoms with Crippen molar-refractivity contribution < 1.29 is 4.79 Å². The number of piperazine rings is 1. The second kappa shape index (κ2) is 8.58. The van der Waals surface area contributed by atoms with E-state index in [0.29, 0.717) is 18.2 Å². The highest BCUT2D eigenvalue weighted by Gasteiger charge is 2.19. The number of aromatic nitrogens is 2. The first-order chi connectivity index (χ1) is 12.3. The molecule has 1 aromatic heterocycles. The summed E-state index contributed by atoms with van der Waals surface area (Å²) in [5.41, 5.74) is 1.64. The molecule has 1 amide bonds. The van der Waals surface area contributed by atoms with E-state index < -0.39 is 0 Å². The lowest BCUT2D eigenvalue weighted by atomic mass is 10.1. The lowest BCUT2D eigenvalue weighted by Gasteiger charge is -2.34. The molecule has 0 aliphatic carbocycles. The first-order valence-corrected chi connectivity index (χ1v) is 8.88. The highest BCUT2D eigenvalue weighted by atomic mass is 16.1. The van der Waals surface area contributed by atoms with Gasteiger partial charge in [-0.1, -0.05) is 37.3 Å². The van der Waals surface area contributed by atoms with Crippen molar-refractivity contribution in [2.24, 2.45) is 0 Å². The number of nitrogens with one attached hydrogen (secondary N) is 1. The number of hydrogen-bond acceptors (Lipinski definition) is 5. The first kappa shape index (κ1) is 17.4. The van der Waals surface area contributed by atoms with Crippen molar-refractivity contribution in [1.82, 2.24) is 20.2 Å². The molecule has 3 rings (SSSR count). The van der Waals surface area contributed by atoms with E-state index in [4.69, 9.17) is 0 Å². The Bertz CT molecular complexity index is 683. The molecule has 1 saturated heterocycles. The molecular weight excluding hydrogens is 314 g/mol. The fourth-order valence-electron chi connectivity index (χ4n) is 2.95. The largest absolute Gasteiger partial charge is 0.350 e. The number of carbonyl (C=O) groups excluding carboxylic acids is 1. The van der Waals surface area contributed by atoms with Crippen molar-refractivity contribution in [3.05, 3.63) is 53.9 Å². The van der Waals surface area contributed by atoms with Crippen LogP contribution in [0.2, 0.25) is 0 Å². The van der Waals surface area contributed by atoms with E-state index in [1.807, 2.05) is 18.2 Å². The van der Waals surface area contributed by atoms with Crippen LogP contribution >= 0.6 is 0 Å². The standard InChI is InChI=1S/C19H25N5O/c1-2-23-12-14-24(15-13-23)19-21-11-9-17(22-19)18(25)20-10-8-16-6-4-3-5-7-16/h3-7,9,11H,2,8,10,12-15H2,1H3,(H,20,25).